The lowest BCUT2D eigenvalue weighted by Crippen LogP contribution is -2.32. The summed E-state index contributed by atoms with van der Waals surface area (Å²) in [4.78, 5) is 10.8. The average molecular weight is 282 g/mol. The molecule has 0 atom stereocenters. The van der Waals surface area contributed by atoms with Crippen molar-refractivity contribution in [3.8, 4) is 0 Å². The van der Waals surface area contributed by atoms with E-state index >= 15 is 0 Å². The first-order valence-electron chi connectivity index (χ1n) is 5.23. The van der Waals surface area contributed by atoms with E-state index < -0.39 is 46.7 Å². The summed E-state index contributed by atoms with van der Waals surface area (Å²) in [6.45, 7) is 2.06. The number of carboxylic acids is 1. The highest BCUT2D eigenvalue weighted by atomic mass is 19.3. The molecule has 1 aromatic rings. The first-order valence-corrected chi connectivity index (χ1v) is 5.23. The molecule has 0 aliphatic carbocycles. The smallest absolute Gasteiger partial charge is 0.309 e. The van der Waals surface area contributed by atoms with E-state index in [9.17, 15) is 26.7 Å². The van der Waals surface area contributed by atoms with Crippen LogP contribution in [0.3, 0.4) is 0 Å². The molecule has 2 nitrogen and oxygen atoms in total. The van der Waals surface area contributed by atoms with E-state index in [-0.39, 0.29) is 12.1 Å². The van der Waals surface area contributed by atoms with Crippen molar-refractivity contribution in [3.63, 3.8) is 0 Å². The fourth-order valence-electron chi connectivity index (χ4n) is 1.53. The molecule has 106 valence electrons. The Balaban J connectivity index is 3.21. The van der Waals surface area contributed by atoms with Gasteiger partial charge in [-0.1, -0.05) is 0 Å². The second kappa shape index (κ2) is 4.79. The largest absolute Gasteiger partial charge is 0.481 e. The third-order valence-electron chi connectivity index (χ3n) is 2.65. The average Bonchev–Trinajstić information content (AvgIpc) is 2.21. The highest BCUT2D eigenvalue weighted by Crippen LogP contribution is 2.41. The van der Waals surface area contributed by atoms with Crippen molar-refractivity contribution in [2.45, 2.75) is 26.2 Å². The summed E-state index contributed by atoms with van der Waals surface area (Å²) in [6.07, 6.45) is -1.24. The molecule has 0 fully saturated rings. The van der Waals surface area contributed by atoms with E-state index in [0.717, 1.165) is 13.8 Å². The number of carbonyl (C=O) groups is 1. The van der Waals surface area contributed by atoms with Gasteiger partial charge in [0.1, 0.15) is 5.82 Å². The van der Waals surface area contributed by atoms with Crippen LogP contribution < -0.4 is 0 Å². The first kappa shape index (κ1) is 15.4. The molecular formula is C12H11F5O2. The van der Waals surface area contributed by atoms with Crippen LogP contribution in [0.1, 0.15) is 25.8 Å². The minimum atomic E-state index is -3.93. The van der Waals surface area contributed by atoms with E-state index in [1.54, 1.807) is 0 Å². The Morgan fingerprint density at radius 1 is 1.11 bits per heavy atom. The normalized spacial score (nSPS) is 12.6. The summed E-state index contributed by atoms with van der Waals surface area (Å²) in [5.74, 6) is -10.3. The molecule has 0 aliphatic heterocycles. The molecular weight excluding hydrogens is 271 g/mol. The van der Waals surface area contributed by atoms with Crippen LogP contribution in [0.4, 0.5) is 22.0 Å². The Bertz CT molecular complexity index is 511. The maximum absolute atomic E-state index is 13.8. The molecule has 7 heteroatoms. The molecule has 0 unspecified atom stereocenters. The zero-order chi connectivity index (χ0) is 15.0. The predicted octanol–water partition coefficient (Wildman–Crippen LogP) is 3.70. The summed E-state index contributed by atoms with van der Waals surface area (Å²) >= 11 is 0. The fourth-order valence-corrected chi connectivity index (χ4v) is 1.53. The minimum Gasteiger partial charge on any atom is -0.481 e. The molecule has 1 rings (SSSR count). The summed E-state index contributed by atoms with van der Waals surface area (Å²) in [5.41, 5.74) is -3.21. The topological polar surface area (TPSA) is 37.3 Å². The van der Waals surface area contributed by atoms with Gasteiger partial charge in [-0.3, -0.25) is 4.79 Å². The molecule has 19 heavy (non-hydrogen) atoms. The summed E-state index contributed by atoms with van der Waals surface area (Å²) in [6, 6.07) is 0.0505. The number of benzene rings is 1. The second-order valence-corrected chi connectivity index (χ2v) is 4.82. The van der Waals surface area contributed by atoms with Gasteiger partial charge in [0.05, 0.1) is 11.0 Å². The molecule has 0 bridgehead atoms. The van der Waals surface area contributed by atoms with Gasteiger partial charge in [0.25, 0.3) is 5.92 Å². The number of rotatable bonds is 4. The van der Waals surface area contributed by atoms with Crippen molar-refractivity contribution in [3.05, 3.63) is 35.1 Å². The lowest BCUT2D eigenvalue weighted by molar-refractivity contribution is -0.153. The second-order valence-electron chi connectivity index (χ2n) is 4.82. The van der Waals surface area contributed by atoms with Crippen LogP contribution in [0.2, 0.25) is 0 Å². The standard InChI is InChI=1S/C12H11F5O2/c1-11(2,10(18)19)5-12(16,17)6-3-8(14)9(15)4-7(6)13/h3-4H,5H2,1-2H3,(H,18,19). The Morgan fingerprint density at radius 2 is 1.58 bits per heavy atom. The third kappa shape index (κ3) is 3.21. The van der Waals surface area contributed by atoms with Crippen LogP contribution in [0, 0.1) is 22.9 Å². The highest BCUT2D eigenvalue weighted by molar-refractivity contribution is 5.73. The lowest BCUT2D eigenvalue weighted by atomic mass is 9.84. The molecule has 0 saturated heterocycles. The van der Waals surface area contributed by atoms with E-state index in [4.69, 9.17) is 5.11 Å². The number of alkyl halides is 2. The van der Waals surface area contributed by atoms with Crippen molar-refractivity contribution >= 4 is 5.97 Å². The zero-order valence-corrected chi connectivity index (χ0v) is 10.1. The quantitative estimate of drug-likeness (QED) is 0.675. The highest BCUT2D eigenvalue weighted by Gasteiger charge is 2.44. The number of carboxylic acid groups (broad SMARTS) is 1. The van der Waals surface area contributed by atoms with Crippen LogP contribution in [0.15, 0.2) is 12.1 Å². The van der Waals surface area contributed by atoms with Gasteiger partial charge >= 0.3 is 5.97 Å². The molecule has 0 spiro atoms. The molecule has 0 saturated carbocycles. The predicted molar refractivity (Wildman–Crippen MR) is 56.2 cm³/mol. The van der Waals surface area contributed by atoms with Crippen LogP contribution in [-0.2, 0) is 10.7 Å². The van der Waals surface area contributed by atoms with Gasteiger partial charge in [-0.15, -0.1) is 0 Å². The SMILES string of the molecule is CC(C)(CC(F)(F)c1cc(F)c(F)cc1F)C(=O)O. The number of hydrogen-bond donors (Lipinski definition) is 1. The Labute approximate surface area is 105 Å². The molecule has 0 radical (unpaired) electrons. The summed E-state index contributed by atoms with van der Waals surface area (Å²) in [5, 5.41) is 8.76. The van der Waals surface area contributed by atoms with Crippen molar-refractivity contribution in [2.24, 2.45) is 5.41 Å². The van der Waals surface area contributed by atoms with Crippen LogP contribution in [0.5, 0.6) is 0 Å². The molecule has 0 aromatic heterocycles. The Morgan fingerprint density at radius 3 is 2.05 bits per heavy atom. The van der Waals surface area contributed by atoms with Crippen molar-refractivity contribution in [2.75, 3.05) is 0 Å². The molecule has 1 N–H and O–H groups in total. The van der Waals surface area contributed by atoms with Crippen LogP contribution in [0.25, 0.3) is 0 Å². The van der Waals surface area contributed by atoms with Gasteiger partial charge < -0.3 is 5.11 Å². The fraction of sp³-hybridized carbons (Fsp3) is 0.417. The Hall–Kier alpha value is -1.66. The van der Waals surface area contributed by atoms with E-state index in [0.29, 0.717) is 0 Å². The molecule has 1 aromatic carbocycles. The van der Waals surface area contributed by atoms with Gasteiger partial charge in [0.15, 0.2) is 11.6 Å². The van der Waals surface area contributed by atoms with E-state index in [1.807, 2.05) is 0 Å². The van der Waals surface area contributed by atoms with Crippen molar-refractivity contribution in [1.29, 1.82) is 0 Å². The van der Waals surface area contributed by atoms with Gasteiger partial charge in [-0.05, 0) is 19.9 Å². The monoisotopic (exact) mass is 282 g/mol. The third-order valence-corrected chi connectivity index (χ3v) is 2.65. The maximum atomic E-state index is 13.8. The van der Waals surface area contributed by atoms with E-state index in [1.165, 1.54) is 0 Å². The molecule has 0 aliphatic rings. The zero-order valence-electron chi connectivity index (χ0n) is 10.1. The number of aliphatic carboxylic acids is 1. The first-order chi connectivity index (χ1) is 8.47. The number of hydrogen-bond acceptors (Lipinski definition) is 1. The number of halogens is 5. The van der Waals surface area contributed by atoms with Gasteiger partial charge in [-0.2, -0.15) is 0 Å². The minimum absolute atomic E-state index is 0.00629. The van der Waals surface area contributed by atoms with Gasteiger partial charge in [0.2, 0.25) is 0 Å². The van der Waals surface area contributed by atoms with Crippen LogP contribution >= 0.6 is 0 Å². The van der Waals surface area contributed by atoms with Crippen LogP contribution in [-0.4, -0.2) is 11.1 Å². The molecule has 0 amide bonds. The Kier molecular flexibility index (Phi) is 3.88. The lowest BCUT2D eigenvalue weighted by Gasteiger charge is -2.26. The van der Waals surface area contributed by atoms with Gasteiger partial charge in [0, 0.05) is 12.5 Å². The van der Waals surface area contributed by atoms with Crippen molar-refractivity contribution < 1.29 is 31.9 Å². The van der Waals surface area contributed by atoms with E-state index in [2.05, 4.69) is 0 Å². The van der Waals surface area contributed by atoms with Gasteiger partial charge in [-0.25, -0.2) is 22.0 Å². The summed E-state index contributed by atoms with van der Waals surface area (Å²) in [7, 11) is 0. The van der Waals surface area contributed by atoms with Crippen molar-refractivity contribution in [1.82, 2.24) is 0 Å². The summed E-state index contributed by atoms with van der Waals surface area (Å²) < 4.78 is 66.4. The maximum Gasteiger partial charge on any atom is 0.309 e. The molecule has 0 heterocycles.